The number of carbonyl (C=O) groups excluding carboxylic acids is 1. The van der Waals surface area contributed by atoms with Gasteiger partial charge in [0, 0.05) is 6.04 Å². The van der Waals surface area contributed by atoms with Crippen LogP contribution in [0.25, 0.3) is 0 Å². The summed E-state index contributed by atoms with van der Waals surface area (Å²) >= 11 is 0. The average molecular weight is 276 g/mol. The molecule has 4 nitrogen and oxygen atoms in total. The molecule has 1 aromatic rings. The van der Waals surface area contributed by atoms with Crippen LogP contribution in [-0.4, -0.2) is 25.3 Å². The van der Waals surface area contributed by atoms with Crippen molar-refractivity contribution >= 4 is 17.3 Å². The molecule has 0 aliphatic carbocycles. The van der Waals surface area contributed by atoms with E-state index in [1.54, 1.807) is 0 Å². The molecule has 1 unspecified atom stereocenters. The van der Waals surface area contributed by atoms with Gasteiger partial charge >= 0.3 is 12.1 Å². The standard InChI is InChI=1S/C12H15F3N2O2/c1-7(6-12(13,14)15)17-10-8(11(18)19-2)4-3-5-9(10)16/h3-5,7,17H,6,16H2,1-2H3. The molecule has 0 bridgehead atoms. The van der Waals surface area contributed by atoms with Crippen molar-refractivity contribution in [1.82, 2.24) is 0 Å². The fraction of sp³-hybridized carbons (Fsp3) is 0.417. The number of ether oxygens (including phenoxy) is 1. The van der Waals surface area contributed by atoms with Crippen molar-refractivity contribution in [3.63, 3.8) is 0 Å². The molecular weight excluding hydrogens is 261 g/mol. The van der Waals surface area contributed by atoms with Crippen LogP contribution in [-0.2, 0) is 4.74 Å². The Morgan fingerprint density at radius 1 is 1.47 bits per heavy atom. The molecule has 0 fully saturated rings. The molecule has 19 heavy (non-hydrogen) atoms. The van der Waals surface area contributed by atoms with Crippen LogP contribution in [0, 0.1) is 0 Å². The number of alkyl halides is 3. The summed E-state index contributed by atoms with van der Waals surface area (Å²) in [5.74, 6) is -0.658. The number of rotatable bonds is 4. The Labute approximate surface area is 108 Å². The minimum absolute atomic E-state index is 0.108. The van der Waals surface area contributed by atoms with Gasteiger partial charge in [0.15, 0.2) is 0 Å². The summed E-state index contributed by atoms with van der Waals surface area (Å²) in [5.41, 5.74) is 6.13. The van der Waals surface area contributed by atoms with E-state index < -0.39 is 24.6 Å². The van der Waals surface area contributed by atoms with Crippen LogP contribution in [0.15, 0.2) is 18.2 Å². The number of nitrogens with two attached hydrogens (primary N) is 1. The monoisotopic (exact) mass is 276 g/mol. The highest BCUT2D eigenvalue weighted by Crippen LogP contribution is 2.28. The van der Waals surface area contributed by atoms with E-state index in [4.69, 9.17) is 5.73 Å². The van der Waals surface area contributed by atoms with Gasteiger partial charge in [-0.2, -0.15) is 13.2 Å². The molecule has 0 saturated carbocycles. The van der Waals surface area contributed by atoms with Gasteiger partial charge in [0.1, 0.15) is 0 Å². The highest BCUT2D eigenvalue weighted by atomic mass is 19.4. The second-order valence-electron chi connectivity index (χ2n) is 4.13. The second-order valence-corrected chi connectivity index (χ2v) is 4.13. The lowest BCUT2D eigenvalue weighted by atomic mass is 10.1. The summed E-state index contributed by atoms with van der Waals surface area (Å²) in [5, 5.41) is 2.60. The first kappa shape index (κ1) is 15.1. The minimum Gasteiger partial charge on any atom is -0.465 e. The fourth-order valence-electron chi connectivity index (χ4n) is 1.66. The van der Waals surface area contributed by atoms with E-state index in [-0.39, 0.29) is 16.9 Å². The third kappa shape index (κ3) is 4.35. The molecule has 3 N–H and O–H groups in total. The smallest absolute Gasteiger partial charge is 0.391 e. The molecule has 0 aliphatic rings. The zero-order valence-electron chi connectivity index (χ0n) is 10.5. The molecule has 0 amide bonds. The molecule has 106 valence electrons. The number of benzene rings is 1. The molecule has 7 heteroatoms. The number of carbonyl (C=O) groups is 1. The van der Waals surface area contributed by atoms with Crippen molar-refractivity contribution in [3.8, 4) is 0 Å². The lowest BCUT2D eigenvalue weighted by molar-refractivity contribution is -0.136. The Morgan fingerprint density at radius 2 is 2.11 bits per heavy atom. The molecule has 1 rings (SSSR count). The molecule has 0 heterocycles. The first-order chi connectivity index (χ1) is 8.74. The van der Waals surface area contributed by atoms with E-state index in [9.17, 15) is 18.0 Å². The largest absolute Gasteiger partial charge is 0.465 e. The maximum absolute atomic E-state index is 12.3. The number of para-hydroxylation sites is 1. The van der Waals surface area contributed by atoms with Crippen LogP contribution in [0.1, 0.15) is 23.7 Å². The van der Waals surface area contributed by atoms with Crippen LogP contribution in [0.5, 0.6) is 0 Å². The third-order valence-corrected chi connectivity index (χ3v) is 2.43. The molecule has 0 aliphatic heterocycles. The zero-order valence-corrected chi connectivity index (χ0v) is 10.5. The van der Waals surface area contributed by atoms with Crippen LogP contribution >= 0.6 is 0 Å². The molecule has 0 spiro atoms. The quantitative estimate of drug-likeness (QED) is 0.655. The van der Waals surface area contributed by atoms with E-state index in [1.165, 1.54) is 32.2 Å². The van der Waals surface area contributed by atoms with Crippen molar-refractivity contribution in [2.75, 3.05) is 18.2 Å². The number of methoxy groups -OCH3 is 1. The Bertz CT molecular complexity index is 461. The second kappa shape index (κ2) is 5.81. The van der Waals surface area contributed by atoms with Crippen molar-refractivity contribution in [2.24, 2.45) is 0 Å². The van der Waals surface area contributed by atoms with Gasteiger partial charge in [-0.3, -0.25) is 0 Å². The van der Waals surface area contributed by atoms with Gasteiger partial charge in [-0.1, -0.05) is 6.07 Å². The number of hydrogen-bond donors (Lipinski definition) is 2. The first-order valence-electron chi connectivity index (χ1n) is 5.54. The molecule has 1 atom stereocenters. The third-order valence-electron chi connectivity index (χ3n) is 2.43. The number of esters is 1. The van der Waals surface area contributed by atoms with Gasteiger partial charge in [0.2, 0.25) is 0 Å². The lowest BCUT2D eigenvalue weighted by Gasteiger charge is -2.20. The number of anilines is 2. The molecule has 1 aromatic carbocycles. The summed E-state index contributed by atoms with van der Waals surface area (Å²) in [6, 6.07) is 3.55. The Hall–Kier alpha value is -1.92. The Kier molecular flexibility index (Phi) is 4.63. The summed E-state index contributed by atoms with van der Waals surface area (Å²) in [7, 11) is 1.19. The first-order valence-corrected chi connectivity index (χ1v) is 5.54. The SMILES string of the molecule is COC(=O)c1cccc(N)c1NC(C)CC(F)(F)F. The highest BCUT2D eigenvalue weighted by molar-refractivity contribution is 5.98. The highest BCUT2D eigenvalue weighted by Gasteiger charge is 2.30. The maximum atomic E-state index is 12.3. The summed E-state index contributed by atoms with van der Waals surface area (Å²) in [6.45, 7) is 1.36. The normalized spacial score (nSPS) is 12.9. The molecule has 0 saturated heterocycles. The van der Waals surface area contributed by atoms with E-state index in [0.717, 1.165) is 0 Å². The van der Waals surface area contributed by atoms with Crippen LogP contribution in [0.4, 0.5) is 24.5 Å². The Morgan fingerprint density at radius 3 is 2.63 bits per heavy atom. The number of hydrogen-bond acceptors (Lipinski definition) is 4. The summed E-state index contributed by atoms with van der Waals surface area (Å²) in [4.78, 5) is 11.5. The van der Waals surface area contributed by atoms with Gasteiger partial charge in [-0.05, 0) is 19.1 Å². The van der Waals surface area contributed by atoms with E-state index in [0.29, 0.717) is 0 Å². The van der Waals surface area contributed by atoms with Crippen molar-refractivity contribution in [3.05, 3.63) is 23.8 Å². The zero-order chi connectivity index (χ0) is 14.6. The lowest BCUT2D eigenvalue weighted by Crippen LogP contribution is -2.25. The van der Waals surface area contributed by atoms with Crippen molar-refractivity contribution < 1.29 is 22.7 Å². The van der Waals surface area contributed by atoms with Gasteiger partial charge in [-0.25, -0.2) is 4.79 Å². The van der Waals surface area contributed by atoms with E-state index >= 15 is 0 Å². The number of nitrogen functional groups attached to an aromatic ring is 1. The average Bonchev–Trinajstić information content (AvgIpc) is 2.28. The topological polar surface area (TPSA) is 64.3 Å². The minimum atomic E-state index is -4.29. The molecular formula is C12H15F3N2O2. The molecule has 0 radical (unpaired) electrons. The number of nitrogens with one attached hydrogen (secondary N) is 1. The van der Waals surface area contributed by atoms with Gasteiger partial charge in [-0.15, -0.1) is 0 Å². The van der Waals surface area contributed by atoms with Crippen molar-refractivity contribution in [2.45, 2.75) is 25.6 Å². The maximum Gasteiger partial charge on any atom is 0.391 e. The van der Waals surface area contributed by atoms with Gasteiger partial charge < -0.3 is 15.8 Å². The van der Waals surface area contributed by atoms with Crippen LogP contribution in [0.3, 0.4) is 0 Å². The predicted molar refractivity (Wildman–Crippen MR) is 66.0 cm³/mol. The predicted octanol–water partition coefficient (Wildman–Crippen LogP) is 2.81. The van der Waals surface area contributed by atoms with E-state index in [2.05, 4.69) is 10.1 Å². The van der Waals surface area contributed by atoms with Crippen LogP contribution < -0.4 is 11.1 Å². The van der Waals surface area contributed by atoms with Gasteiger partial charge in [0.25, 0.3) is 0 Å². The van der Waals surface area contributed by atoms with Crippen molar-refractivity contribution in [1.29, 1.82) is 0 Å². The Balaban J connectivity index is 2.96. The molecule has 0 aromatic heterocycles. The van der Waals surface area contributed by atoms with Gasteiger partial charge in [0.05, 0.1) is 30.5 Å². The fourth-order valence-corrected chi connectivity index (χ4v) is 1.66. The van der Waals surface area contributed by atoms with Crippen LogP contribution in [0.2, 0.25) is 0 Å². The summed E-state index contributed by atoms with van der Waals surface area (Å²) in [6.07, 6.45) is -5.32. The number of halogens is 3. The summed E-state index contributed by atoms with van der Waals surface area (Å²) < 4.78 is 41.4. The van der Waals surface area contributed by atoms with E-state index in [1.807, 2.05) is 0 Å².